The third kappa shape index (κ3) is 6.87. The van der Waals surface area contributed by atoms with E-state index < -0.39 is 0 Å². The van der Waals surface area contributed by atoms with Crippen LogP contribution >= 0.6 is 0 Å². The van der Waals surface area contributed by atoms with Crippen LogP contribution in [0.25, 0.3) is 0 Å². The highest BCUT2D eigenvalue weighted by Gasteiger charge is 2.25. The van der Waals surface area contributed by atoms with E-state index in [2.05, 4.69) is 16.0 Å². The van der Waals surface area contributed by atoms with Gasteiger partial charge in [0.05, 0.1) is 18.7 Å². The van der Waals surface area contributed by atoms with Crippen molar-refractivity contribution < 1.29 is 19.1 Å². The Morgan fingerprint density at radius 3 is 2.29 bits per heavy atom. The molecule has 3 rings (SSSR count). The zero-order chi connectivity index (χ0) is 22.1. The Hall–Kier alpha value is -2.77. The first kappa shape index (κ1) is 22.9. The van der Waals surface area contributed by atoms with Crippen molar-refractivity contribution in [3.8, 4) is 5.75 Å². The molecule has 31 heavy (non-hydrogen) atoms. The van der Waals surface area contributed by atoms with Crippen LogP contribution in [0.4, 0.5) is 4.79 Å². The molecule has 0 radical (unpaired) electrons. The summed E-state index contributed by atoms with van der Waals surface area (Å²) in [5.74, 6) is 0.0639. The van der Waals surface area contributed by atoms with Gasteiger partial charge in [0.25, 0.3) is 5.91 Å². The molecule has 2 fully saturated rings. The minimum Gasteiger partial charge on any atom is -0.493 e. The predicted molar refractivity (Wildman–Crippen MR) is 118 cm³/mol. The summed E-state index contributed by atoms with van der Waals surface area (Å²) >= 11 is 0. The van der Waals surface area contributed by atoms with E-state index in [1.165, 1.54) is 19.3 Å². The molecule has 0 bridgehead atoms. The Kier molecular flexibility index (Phi) is 8.55. The normalized spacial score (nSPS) is 17.6. The van der Waals surface area contributed by atoms with Crippen molar-refractivity contribution in [3.63, 3.8) is 0 Å². The number of ether oxygens (including phenoxy) is 1. The Morgan fingerprint density at radius 2 is 1.61 bits per heavy atom. The van der Waals surface area contributed by atoms with Crippen molar-refractivity contribution in [2.45, 2.75) is 64.0 Å². The molecule has 1 aromatic carbocycles. The molecule has 0 spiro atoms. The number of rotatable bonds is 7. The van der Waals surface area contributed by atoms with Crippen LogP contribution < -0.4 is 20.7 Å². The van der Waals surface area contributed by atoms with Crippen molar-refractivity contribution in [1.29, 1.82) is 0 Å². The van der Waals surface area contributed by atoms with Crippen molar-refractivity contribution >= 4 is 17.8 Å². The van der Waals surface area contributed by atoms with Crippen LogP contribution in [-0.2, 0) is 4.79 Å². The first-order valence-corrected chi connectivity index (χ1v) is 11.4. The highest BCUT2D eigenvalue weighted by Crippen LogP contribution is 2.18. The van der Waals surface area contributed by atoms with E-state index in [9.17, 15) is 14.4 Å². The van der Waals surface area contributed by atoms with Crippen LogP contribution in [0.15, 0.2) is 24.3 Å². The number of para-hydroxylation sites is 1. The molecule has 0 unspecified atom stereocenters. The van der Waals surface area contributed by atoms with Crippen molar-refractivity contribution in [2.24, 2.45) is 0 Å². The Balaban J connectivity index is 1.38. The molecule has 1 saturated heterocycles. The van der Waals surface area contributed by atoms with Crippen LogP contribution in [0.1, 0.15) is 62.2 Å². The Bertz CT molecular complexity index is 756. The third-order valence-electron chi connectivity index (χ3n) is 5.95. The molecule has 170 valence electrons. The number of carbonyl (C=O) groups excluding carboxylic acids is 3. The standard InChI is InChI=1S/C23H34N4O4/c1-2-31-20-11-7-6-10-19(20)22(29)24-16-21(28)27-14-12-18(13-15-27)26-23(30)25-17-8-4-3-5-9-17/h6-7,10-11,17-18H,2-5,8-9,12-16H2,1H3,(H,24,29)(H2,25,26,30). The van der Waals surface area contributed by atoms with Crippen LogP contribution in [0.3, 0.4) is 0 Å². The van der Waals surface area contributed by atoms with Crippen molar-refractivity contribution in [2.75, 3.05) is 26.2 Å². The average Bonchev–Trinajstić information content (AvgIpc) is 2.79. The van der Waals surface area contributed by atoms with E-state index in [4.69, 9.17) is 4.74 Å². The monoisotopic (exact) mass is 430 g/mol. The lowest BCUT2D eigenvalue weighted by atomic mass is 9.96. The van der Waals surface area contributed by atoms with Crippen LogP contribution in [0.2, 0.25) is 0 Å². The lowest BCUT2D eigenvalue weighted by Crippen LogP contribution is -2.52. The second-order valence-electron chi connectivity index (χ2n) is 8.22. The topological polar surface area (TPSA) is 99.8 Å². The van der Waals surface area contributed by atoms with Crippen molar-refractivity contribution in [3.05, 3.63) is 29.8 Å². The number of amides is 4. The molecule has 2 aliphatic rings. The molecule has 0 aromatic heterocycles. The summed E-state index contributed by atoms with van der Waals surface area (Å²) in [7, 11) is 0. The number of piperidine rings is 1. The van der Waals surface area contributed by atoms with Gasteiger partial charge >= 0.3 is 6.03 Å². The van der Waals surface area contributed by atoms with Gasteiger partial charge in [-0.15, -0.1) is 0 Å². The molecule has 3 N–H and O–H groups in total. The van der Waals surface area contributed by atoms with Gasteiger partial charge in [-0.3, -0.25) is 9.59 Å². The number of nitrogens with zero attached hydrogens (tertiary/aromatic N) is 1. The molecule has 4 amide bonds. The fourth-order valence-corrected chi connectivity index (χ4v) is 4.23. The summed E-state index contributed by atoms with van der Waals surface area (Å²) < 4.78 is 5.48. The van der Waals surface area contributed by atoms with Gasteiger partial charge in [0.15, 0.2) is 0 Å². The molecule has 1 aromatic rings. The van der Waals surface area contributed by atoms with Gasteiger partial charge in [-0.2, -0.15) is 0 Å². The minimum absolute atomic E-state index is 0.0560. The molecular weight excluding hydrogens is 396 g/mol. The largest absolute Gasteiger partial charge is 0.493 e. The zero-order valence-electron chi connectivity index (χ0n) is 18.3. The lowest BCUT2D eigenvalue weighted by Gasteiger charge is -2.33. The maximum absolute atomic E-state index is 12.5. The predicted octanol–water partition coefficient (Wildman–Crippen LogP) is 2.44. The van der Waals surface area contributed by atoms with E-state index in [1.54, 1.807) is 29.2 Å². The van der Waals surface area contributed by atoms with Crippen LogP contribution in [-0.4, -0.2) is 61.1 Å². The zero-order valence-corrected chi connectivity index (χ0v) is 18.3. The minimum atomic E-state index is -0.326. The second-order valence-corrected chi connectivity index (χ2v) is 8.22. The van der Waals surface area contributed by atoms with E-state index in [0.29, 0.717) is 43.9 Å². The number of likely N-dealkylation sites (tertiary alicyclic amines) is 1. The lowest BCUT2D eigenvalue weighted by molar-refractivity contribution is -0.131. The quantitative estimate of drug-likeness (QED) is 0.619. The summed E-state index contributed by atoms with van der Waals surface area (Å²) in [6.07, 6.45) is 7.16. The highest BCUT2D eigenvalue weighted by molar-refractivity contribution is 5.98. The van der Waals surface area contributed by atoms with Crippen LogP contribution in [0.5, 0.6) is 5.75 Å². The summed E-state index contributed by atoms with van der Waals surface area (Å²) in [4.78, 5) is 38.9. The molecule has 1 aliphatic carbocycles. The number of hydrogen-bond donors (Lipinski definition) is 3. The number of urea groups is 1. The highest BCUT2D eigenvalue weighted by atomic mass is 16.5. The van der Waals surface area contributed by atoms with Crippen molar-refractivity contribution in [1.82, 2.24) is 20.9 Å². The Labute approximate surface area is 184 Å². The first-order valence-electron chi connectivity index (χ1n) is 11.4. The molecule has 8 heteroatoms. The maximum atomic E-state index is 12.5. The van der Waals surface area contributed by atoms with Gasteiger partial charge in [0.2, 0.25) is 5.91 Å². The fourth-order valence-electron chi connectivity index (χ4n) is 4.23. The Morgan fingerprint density at radius 1 is 0.968 bits per heavy atom. The summed E-state index contributed by atoms with van der Waals surface area (Å²) in [5.41, 5.74) is 0.420. The number of carbonyl (C=O) groups is 3. The van der Waals surface area contributed by atoms with E-state index in [0.717, 1.165) is 12.8 Å². The van der Waals surface area contributed by atoms with Gasteiger partial charge in [-0.1, -0.05) is 31.4 Å². The molecular formula is C23H34N4O4. The van der Waals surface area contributed by atoms with Gasteiger partial charge < -0.3 is 25.6 Å². The number of benzene rings is 1. The maximum Gasteiger partial charge on any atom is 0.315 e. The molecule has 1 saturated carbocycles. The molecule has 8 nitrogen and oxygen atoms in total. The van der Waals surface area contributed by atoms with Gasteiger partial charge in [0, 0.05) is 25.2 Å². The summed E-state index contributed by atoms with van der Waals surface area (Å²) in [5, 5.41) is 8.81. The second kappa shape index (κ2) is 11.6. The van der Waals surface area contributed by atoms with E-state index in [1.807, 2.05) is 6.92 Å². The van der Waals surface area contributed by atoms with E-state index >= 15 is 0 Å². The average molecular weight is 431 g/mol. The number of nitrogens with one attached hydrogen (secondary N) is 3. The SMILES string of the molecule is CCOc1ccccc1C(=O)NCC(=O)N1CCC(NC(=O)NC2CCCCC2)CC1. The van der Waals surface area contributed by atoms with Gasteiger partial charge in [0.1, 0.15) is 5.75 Å². The summed E-state index contributed by atoms with van der Waals surface area (Å²) in [6, 6.07) is 7.24. The molecule has 1 heterocycles. The number of hydrogen-bond acceptors (Lipinski definition) is 4. The summed E-state index contributed by atoms with van der Waals surface area (Å²) in [6.45, 7) is 3.40. The molecule has 1 aliphatic heterocycles. The fraction of sp³-hybridized carbons (Fsp3) is 0.609. The third-order valence-corrected chi connectivity index (χ3v) is 5.95. The van der Waals surface area contributed by atoms with Gasteiger partial charge in [-0.25, -0.2) is 4.79 Å². The van der Waals surface area contributed by atoms with Gasteiger partial charge in [-0.05, 0) is 44.7 Å². The first-order chi connectivity index (χ1) is 15.1. The molecule has 0 atom stereocenters. The van der Waals surface area contributed by atoms with E-state index in [-0.39, 0.29) is 36.5 Å². The smallest absolute Gasteiger partial charge is 0.315 e. The van der Waals surface area contributed by atoms with Crippen LogP contribution in [0, 0.1) is 0 Å².